The van der Waals surface area contributed by atoms with Crippen molar-refractivity contribution in [3.05, 3.63) is 46.4 Å². The number of nitrogens with zero attached hydrogens (tertiary/aromatic N) is 2. The van der Waals surface area contributed by atoms with Gasteiger partial charge in [0.25, 0.3) is 5.91 Å². The first-order valence-corrected chi connectivity index (χ1v) is 8.31. The van der Waals surface area contributed by atoms with Crippen LogP contribution in [0.2, 0.25) is 0 Å². The number of aromatic nitrogens is 1. The van der Waals surface area contributed by atoms with Gasteiger partial charge in [0.15, 0.2) is 6.10 Å². The standard InChI is InChI=1S/C16H16N2O5S/c19-15(18-4-5-22-14(7-18)16(20)21)11-2-1-3-13(6-11)23-8-12-9-24-10-17-12/h1-3,6,9-10,14H,4-5,7-8H2,(H,20,21). The van der Waals surface area contributed by atoms with Gasteiger partial charge in [-0.15, -0.1) is 11.3 Å². The molecule has 0 radical (unpaired) electrons. The Hall–Kier alpha value is -2.45. The third-order valence-electron chi connectivity index (χ3n) is 3.58. The molecule has 1 aliphatic rings. The molecule has 1 amide bonds. The van der Waals surface area contributed by atoms with E-state index in [0.29, 0.717) is 24.5 Å². The Labute approximate surface area is 142 Å². The second kappa shape index (κ2) is 7.41. The van der Waals surface area contributed by atoms with E-state index in [-0.39, 0.29) is 19.1 Å². The minimum atomic E-state index is -1.06. The largest absolute Gasteiger partial charge is 0.487 e. The van der Waals surface area contributed by atoms with Crippen molar-refractivity contribution in [3.63, 3.8) is 0 Å². The number of hydrogen-bond donors (Lipinski definition) is 1. The number of carboxylic acids is 1. The van der Waals surface area contributed by atoms with Gasteiger partial charge in [-0.2, -0.15) is 0 Å². The molecule has 7 nitrogen and oxygen atoms in total. The Kier molecular flexibility index (Phi) is 5.07. The predicted molar refractivity (Wildman–Crippen MR) is 86.2 cm³/mol. The third-order valence-corrected chi connectivity index (χ3v) is 4.22. The van der Waals surface area contributed by atoms with E-state index in [1.165, 1.54) is 16.2 Å². The minimum Gasteiger partial charge on any atom is -0.487 e. The van der Waals surface area contributed by atoms with Crippen molar-refractivity contribution >= 4 is 23.2 Å². The molecular formula is C16H16N2O5S. The van der Waals surface area contributed by atoms with Gasteiger partial charge in [0.05, 0.1) is 24.4 Å². The highest BCUT2D eigenvalue weighted by atomic mass is 32.1. The van der Waals surface area contributed by atoms with Crippen LogP contribution in [-0.2, 0) is 16.1 Å². The summed E-state index contributed by atoms with van der Waals surface area (Å²) < 4.78 is 10.8. The maximum absolute atomic E-state index is 12.6. The van der Waals surface area contributed by atoms with Crippen LogP contribution in [0.3, 0.4) is 0 Å². The van der Waals surface area contributed by atoms with Gasteiger partial charge in [-0.1, -0.05) is 6.07 Å². The summed E-state index contributed by atoms with van der Waals surface area (Å²) in [7, 11) is 0. The van der Waals surface area contributed by atoms with E-state index in [2.05, 4.69) is 4.98 Å². The number of hydrogen-bond acceptors (Lipinski definition) is 6. The van der Waals surface area contributed by atoms with Gasteiger partial charge in [-0.25, -0.2) is 9.78 Å². The molecule has 3 rings (SSSR count). The number of rotatable bonds is 5. The molecule has 1 fully saturated rings. The highest BCUT2D eigenvalue weighted by molar-refractivity contribution is 7.07. The van der Waals surface area contributed by atoms with Gasteiger partial charge in [-0.05, 0) is 18.2 Å². The van der Waals surface area contributed by atoms with Crippen LogP contribution in [0.25, 0.3) is 0 Å². The van der Waals surface area contributed by atoms with Crippen LogP contribution in [0, 0.1) is 0 Å². The normalized spacial score (nSPS) is 17.5. The van der Waals surface area contributed by atoms with E-state index in [4.69, 9.17) is 14.6 Å². The average molecular weight is 348 g/mol. The predicted octanol–water partition coefficient (Wildman–Crippen LogP) is 1.65. The Morgan fingerprint density at radius 3 is 3.08 bits per heavy atom. The fourth-order valence-electron chi connectivity index (χ4n) is 2.35. The molecule has 0 saturated carbocycles. The molecule has 1 atom stereocenters. The van der Waals surface area contributed by atoms with Crippen LogP contribution in [0.1, 0.15) is 16.1 Å². The van der Waals surface area contributed by atoms with Crippen molar-refractivity contribution in [3.8, 4) is 5.75 Å². The summed E-state index contributed by atoms with van der Waals surface area (Å²) in [6.07, 6.45) is -0.980. The van der Waals surface area contributed by atoms with E-state index in [1.54, 1.807) is 29.8 Å². The Morgan fingerprint density at radius 2 is 2.33 bits per heavy atom. The lowest BCUT2D eigenvalue weighted by Crippen LogP contribution is -2.48. The maximum atomic E-state index is 12.6. The highest BCUT2D eigenvalue weighted by Crippen LogP contribution is 2.18. The third kappa shape index (κ3) is 3.90. The Morgan fingerprint density at radius 1 is 1.46 bits per heavy atom. The molecule has 1 aromatic carbocycles. The zero-order valence-corrected chi connectivity index (χ0v) is 13.6. The first-order chi connectivity index (χ1) is 11.6. The van der Waals surface area contributed by atoms with Crippen molar-refractivity contribution in [1.29, 1.82) is 0 Å². The summed E-state index contributed by atoms with van der Waals surface area (Å²) in [5.41, 5.74) is 3.02. The molecule has 1 unspecified atom stereocenters. The lowest BCUT2D eigenvalue weighted by atomic mass is 10.1. The SMILES string of the molecule is O=C(O)C1CN(C(=O)c2cccc(OCc3cscn3)c2)CCO1. The van der Waals surface area contributed by atoms with Crippen molar-refractivity contribution in [2.75, 3.05) is 19.7 Å². The van der Waals surface area contributed by atoms with Crippen molar-refractivity contribution < 1.29 is 24.2 Å². The molecule has 24 heavy (non-hydrogen) atoms. The van der Waals surface area contributed by atoms with E-state index >= 15 is 0 Å². The first-order valence-electron chi connectivity index (χ1n) is 7.37. The zero-order valence-electron chi connectivity index (χ0n) is 12.8. The van der Waals surface area contributed by atoms with Gasteiger partial charge in [-0.3, -0.25) is 4.79 Å². The zero-order chi connectivity index (χ0) is 16.9. The lowest BCUT2D eigenvalue weighted by molar-refractivity contribution is -0.154. The Bertz CT molecular complexity index is 719. The van der Waals surface area contributed by atoms with Gasteiger partial charge < -0.3 is 19.5 Å². The van der Waals surface area contributed by atoms with Crippen molar-refractivity contribution in [2.24, 2.45) is 0 Å². The van der Waals surface area contributed by atoms with Crippen molar-refractivity contribution in [1.82, 2.24) is 9.88 Å². The molecule has 0 bridgehead atoms. The second-order valence-electron chi connectivity index (χ2n) is 5.25. The fourth-order valence-corrected chi connectivity index (χ4v) is 2.89. The van der Waals surface area contributed by atoms with Crippen LogP contribution < -0.4 is 4.74 Å². The van der Waals surface area contributed by atoms with Crippen LogP contribution in [0.5, 0.6) is 5.75 Å². The van der Waals surface area contributed by atoms with Crippen LogP contribution in [-0.4, -0.2) is 52.7 Å². The molecule has 0 aliphatic carbocycles. The van der Waals surface area contributed by atoms with Crippen LogP contribution >= 0.6 is 11.3 Å². The molecule has 2 aromatic rings. The summed E-state index contributed by atoms with van der Waals surface area (Å²) in [5, 5.41) is 10.9. The molecule has 1 saturated heterocycles. The molecule has 1 aromatic heterocycles. The van der Waals surface area contributed by atoms with Crippen molar-refractivity contribution in [2.45, 2.75) is 12.7 Å². The topological polar surface area (TPSA) is 89.0 Å². The summed E-state index contributed by atoms with van der Waals surface area (Å²) in [6.45, 7) is 0.951. The van der Waals surface area contributed by atoms with Crippen LogP contribution in [0.4, 0.5) is 0 Å². The van der Waals surface area contributed by atoms with E-state index < -0.39 is 12.1 Å². The monoisotopic (exact) mass is 348 g/mol. The second-order valence-corrected chi connectivity index (χ2v) is 5.96. The maximum Gasteiger partial charge on any atom is 0.334 e. The van der Waals surface area contributed by atoms with Gasteiger partial charge >= 0.3 is 5.97 Å². The summed E-state index contributed by atoms with van der Waals surface area (Å²) in [4.78, 5) is 29.2. The Balaban J connectivity index is 1.66. The number of benzene rings is 1. The summed E-state index contributed by atoms with van der Waals surface area (Å²) in [5.74, 6) is -0.728. The number of ether oxygens (including phenoxy) is 2. The quantitative estimate of drug-likeness (QED) is 0.884. The number of aliphatic carboxylic acids is 1. The minimum absolute atomic E-state index is 0.0398. The molecule has 126 valence electrons. The summed E-state index contributed by atoms with van der Waals surface area (Å²) >= 11 is 1.49. The molecule has 1 N–H and O–H groups in total. The molecule has 1 aliphatic heterocycles. The lowest BCUT2D eigenvalue weighted by Gasteiger charge is -2.31. The van der Waals surface area contributed by atoms with Crippen LogP contribution in [0.15, 0.2) is 35.2 Å². The number of morpholine rings is 1. The van der Waals surface area contributed by atoms with E-state index in [9.17, 15) is 9.59 Å². The average Bonchev–Trinajstić information content (AvgIpc) is 3.13. The number of carboxylic acid groups (broad SMARTS) is 1. The molecular weight excluding hydrogens is 332 g/mol. The molecule has 0 spiro atoms. The highest BCUT2D eigenvalue weighted by Gasteiger charge is 2.29. The van der Waals surface area contributed by atoms with Gasteiger partial charge in [0, 0.05) is 17.5 Å². The van der Waals surface area contributed by atoms with Gasteiger partial charge in [0.1, 0.15) is 12.4 Å². The van der Waals surface area contributed by atoms with E-state index in [0.717, 1.165) is 5.69 Å². The van der Waals surface area contributed by atoms with E-state index in [1.807, 2.05) is 5.38 Å². The smallest absolute Gasteiger partial charge is 0.334 e. The number of carbonyl (C=O) groups excluding carboxylic acids is 1. The number of carbonyl (C=O) groups is 2. The summed E-state index contributed by atoms with van der Waals surface area (Å²) in [6, 6.07) is 6.84. The number of thiazole rings is 1. The first kappa shape index (κ1) is 16.4. The number of amides is 1. The fraction of sp³-hybridized carbons (Fsp3) is 0.312. The molecule has 2 heterocycles. The van der Waals surface area contributed by atoms with Gasteiger partial charge in [0.2, 0.25) is 0 Å². The molecule has 8 heteroatoms.